The molecule has 4 heterocycles. The fraction of sp³-hybridized carbons (Fsp3) is 0.0500. The number of fused-ring (bicyclic) bond motifs is 9. The zero-order valence-electron chi connectivity index (χ0n) is 24.5. The lowest BCUT2D eigenvalue weighted by molar-refractivity contribution is 0.472. The van der Waals surface area contributed by atoms with Crippen molar-refractivity contribution in [3.8, 4) is 50.9 Å². The molecule has 3 aliphatic heterocycles. The van der Waals surface area contributed by atoms with Gasteiger partial charge >= 0.3 is 0 Å². The van der Waals surface area contributed by atoms with E-state index in [0.29, 0.717) is 0 Å². The predicted octanol–water partition coefficient (Wildman–Crippen LogP) is 9.80. The van der Waals surface area contributed by atoms with E-state index in [0.717, 1.165) is 86.6 Å². The van der Waals surface area contributed by atoms with Crippen LogP contribution in [0.15, 0.2) is 133 Å². The summed E-state index contributed by atoms with van der Waals surface area (Å²) in [6.45, 7) is 1.58. The number of ether oxygens (including phenoxy) is 2. The molecule has 0 saturated heterocycles. The van der Waals surface area contributed by atoms with E-state index in [9.17, 15) is 0 Å². The summed E-state index contributed by atoms with van der Waals surface area (Å²) < 4.78 is 16.1. The number of allylic oxidation sites excluding steroid dienone is 2. The summed E-state index contributed by atoms with van der Waals surface area (Å²) in [6, 6.07) is 37.8. The van der Waals surface area contributed by atoms with Crippen molar-refractivity contribution in [3.63, 3.8) is 0 Å². The highest BCUT2D eigenvalue weighted by Gasteiger charge is 2.23. The van der Waals surface area contributed by atoms with Crippen LogP contribution in [0.2, 0.25) is 0 Å². The van der Waals surface area contributed by atoms with Gasteiger partial charge in [-0.2, -0.15) is 0 Å². The molecule has 0 radical (unpaired) electrons. The van der Waals surface area contributed by atoms with E-state index < -0.39 is 0 Å². The number of aromatic nitrogens is 1. The van der Waals surface area contributed by atoms with Crippen LogP contribution in [0.5, 0.6) is 23.0 Å². The van der Waals surface area contributed by atoms with Crippen molar-refractivity contribution in [2.24, 2.45) is 0 Å². The minimum absolute atomic E-state index is 0.757. The molecule has 0 amide bonds. The number of dihydropyridines is 1. The maximum absolute atomic E-state index is 6.94. The fourth-order valence-corrected chi connectivity index (χ4v) is 6.61. The molecule has 1 aromatic heterocycles. The number of para-hydroxylation sites is 3. The smallest absolute Gasteiger partial charge is 0.137 e. The number of hydrogen-bond donors (Lipinski definition) is 2. The molecule has 216 valence electrons. The minimum atomic E-state index is 0.757. The maximum Gasteiger partial charge on any atom is 0.137 e. The third kappa shape index (κ3) is 4.24. The number of hydrogen-bond acceptors (Lipinski definition) is 4. The van der Waals surface area contributed by atoms with Gasteiger partial charge in [0.15, 0.2) is 0 Å². The van der Waals surface area contributed by atoms with Gasteiger partial charge in [-0.1, -0.05) is 85.0 Å². The molecule has 0 atom stereocenters. The first-order chi connectivity index (χ1) is 22.3. The van der Waals surface area contributed by atoms with Gasteiger partial charge in [0.1, 0.15) is 28.8 Å². The van der Waals surface area contributed by atoms with Crippen molar-refractivity contribution in [2.75, 3.05) is 18.4 Å². The summed E-state index contributed by atoms with van der Waals surface area (Å²) >= 11 is 0. The molecular formula is C40H29N3O2. The standard InChI is InChI=1S/C40H29N3O2/c1-4-15-35-28(10-1)33-13-9-23-42-40(33)43(35)27-19-21-32-31-20-18-26(34-14-7-8-22-41-34)24-38(31)44-36-16-5-2-11-29(36)30-12-3-6-17-37(30)45-39(32)25-27/h1-21,24-25,41-42H,22-23H2. The second-order valence-electron chi connectivity index (χ2n) is 11.4. The number of rotatable bonds is 2. The number of anilines is 1. The molecule has 0 saturated carbocycles. The third-order valence-corrected chi connectivity index (χ3v) is 8.71. The maximum atomic E-state index is 6.94. The van der Waals surface area contributed by atoms with E-state index in [1.54, 1.807) is 0 Å². The Kier molecular flexibility index (Phi) is 5.88. The Labute approximate surface area is 261 Å². The third-order valence-electron chi connectivity index (χ3n) is 8.71. The molecule has 5 nitrogen and oxygen atoms in total. The lowest BCUT2D eigenvalue weighted by Gasteiger charge is -2.23. The zero-order chi connectivity index (χ0) is 29.7. The van der Waals surface area contributed by atoms with Crippen LogP contribution in [-0.2, 0) is 0 Å². The fourth-order valence-electron chi connectivity index (χ4n) is 6.61. The van der Waals surface area contributed by atoms with E-state index in [1.807, 2.05) is 36.4 Å². The molecule has 0 unspecified atom stereocenters. The second-order valence-corrected chi connectivity index (χ2v) is 11.4. The lowest BCUT2D eigenvalue weighted by atomic mass is 9.98. The van der Waals surface area contributed by atoms with Gasteiger partial charge in [0.05, 0.1) is 11.2 Å². The van der Waals surface area contributed by atoms with E-state index in [1.165, 1.54) is 10.9 Å². The van der Waals surface area contributed by atoms with Crippen molar-refractivity contribution >= 4 is 28.5 Å². The molecule has 0 bridgehead atoms. The van der Waals surface area contributed by atoms with Crippen molar-refractivity contribution < 1.29 is 9.47 Å². The number of nitrogens with one attached hydrogen (secondary N) is 2. The largest absolute Gasteiger partial charge is 0.456 e. The van der Waals surface area contributed by atoms with Crippen LogP contribution < -0.4 is 20.1 Å². The van der Waals surface area contributed by atoms with Gasteiger partial charge in [0.25, 0.3) is 0 Å². The van der Waals surface area contributed by atoms with Crippen LogP contribution in [0.1, 0.15) is 11.1 Å². The highest BCUT2D eigenvalue weighted by molar-refractivity contribution is 5.98. The molecule has 0 fully saturated rings. The van der Waals surface area contributed by atoms with Gasteiger partial charge in [-0.3, -0.25) is 4.57 Å². The Balaban J connectivity index is 1.29. The van der Waals surface area contributed by atoms with E-state index >= 15 is 0 Å². The molecule has 45 heavy (non-hydrogen) atoms. The molecule has 0 aliphatic carbocycles. The van der Waals surface area contributed by atoms with Gasteiger partial charge in [-0.25, -0.2) is 0 Å². The Morgan fingerprint density at radius 3 is 2.02 bits per heavy atom. The SMILES string of the molecule is C1=CCNC(c2ccc3c(c2)Oc2ccccc2-c2ccccc2Oc2cc(-n4c5c(c6ccccc64)C=CCN5)ccc2-3)=C1. The Morgan fingerprint density at radius 2 is 1.24 bits per heavy atom. The van der Waals surface area contributed by atoms with Crippen LogP contribution in [-0.4, -0.2) is 17.7 Å². The average molecular weight is 584 g/mol. The van der Waals surface area contributed by atoms with Crippen LogP contribution in [0, 0.1) is 0 Å². The predicted molar refractivity (Wildman–Crippen MR) is 183 cm³/mol. The molecule has 5 aromatic carbocycles. The van der Waals surface area contributed by atoms with Crippen molar-refractivity contribution in [1.29, 1.82) is 0 Å². The Bertz CT molecular complexity index is 2240. The zero-order valence-corrected chi connectivity index (χ0v) is 24.5. The molecule has 3 aliphatic rings. The van der Waals surface area contributed by atoms with Crippen molar-refractivity contribution in [3.05, 3.63) is 145 Å². The summed E-state index contributed by atoms with van der Waals surface area (Å²) in [5.41, 5.74) is 9.36. The first-order valence-corrected chi connectivity index (χ1v) is 15.3. The van der Waals surface area contributed by atoms with Crippen LogP contribution in [0.3, 0.4) is 0 Å². The quantitative estimate of drug-likeness (QED) is 0.213. The first-order valence-electron chi connectivity index (χ1n) is 15.3. The molecular weight excluding hydrogens is 554 g/mol. The second kappa shape index (κ2) is 10.4. The average Bonchev–Trinajstić information content (AvgIpc) is 3.44. The topological polar surface area (TPSA) is 47.5 Å². The molecule has 9 rings (SSSR count). The number of nitrogens with zero attached hydrogens (tertiary/aromatic N) is 1. The van der Waals surface area contributed by atoms with Gasteiger partial charge in [0, 0.05) is 63.6 Å². The van der Waals surface area contributed by atoms with E-state index in [-0.39, 0.29) is 0 Å². The van der Waals surface area contributed by atoms with E-state index in [2.05, 4.69) is 118 Å². The van der Waals surface area contributed by atoms with Gasteiger partial charge in [0.2, 0.25) is 0 Å². The number of benzene rings is 5. The summed E-state index contributed by atoms with van der Waals surface area (Å²) in [4.78, 5) is 0. The molecule has 2 N–H and O–H groups in total. The van der Waals surface area contributed by atoms with Crippen LogP contribution in [0.4, 0.5) is 5.82 Å². The monoisotopic (exact) mass is 583 g/mol. The van der Waals surface area contributed by atoms with E-state index in [4.69, 9.17) is 9.47 Å². The summed E-state index contributed by atoms with van der Waals surface area (Å²) in [6.07, 6.45) is 10.7. The highest BCUT2D eigenvalue weighted by atomic mass is 16.5. The van der Waals surface area contributed by atoms with Gasteiger partial charge < -0.3 is 20.1 Å². The minimum Gasteiger partial charge on any atom is -0.456 e. The van der Waals surface area contributed by atoms with Gasteiger partial charge in [-0.05, 0) is 48.5 Å². The summed E-state index contributed by atoms with van der Waals surface area (Å²) in [5, 5.41) is 8.32. The normalized spacial score (nSPS) is 14.3. The van der Waals surface area contributed by atoms with Crippen LogP contribution in [0.25, 0.3) is 50.6 Å². The molecule has 6 aromatic rings. The van der Waals surface area contributed by atoms with Crippen molar-refractivity contribution in [2.45, 2.75) is 0 Å². The molecule has 5 heteroatoms. The Morgan fingerprint density at radius 1 is 0.578 bits per heavy atom. The highest BCUT2D eigenvalue weighted by Crippen LogP contribution is 2.48. The Hall–Kier alpha value is -5.94. The van der Waals surface area contributed by atoms with Crippen LogP contribution >= 0.6 is 0 Å². The van der Waals surface area contributed by atoms with Gasteiger partial charge in [-0.15, -0.1) is 0 Å². The molecule has 0 spiro atoms. The lowest BCUT2D eigenvalue weighted by Crippen LogP contribution is -2.14. The summed E-state index contributed by atoms with van der Waals surface area (Å²) in [7, 11) is 0. The first kappa shape index (κ1) is 25.5. The van der Waals surface area contributed by atoms with Crippen molar-refractivity contribution in [1.82, 2.24) is 9.88 Å². The summed E-state index contributed by atoms with van der Waals surface area (Å²) in [5.74, 6) is 4.17.